The van der Waals surface area contributed by atoms with Crippen molar-refractivity contribution in [2.45, 2.75) is 26.5 Å². The van der Waals surface area contributed by atoms with Gasteiger partial charge in [-0.3, -0.25) is 0 Å². The van der Waals surface area contributed by atoms with Gasteiger partial charge in [0.15, 0.2) is 17.5 Å². The number of halogens is 3. The first-order chi connectivity index (χ1) is 15.4. The molecule has 1 aliphatic rings. The van der Waals surface area contributed by atoms with E-state index in [0.717, 1.165) is 6.20 Å². The van der Waals surface area contributed by atoms with Gasteiger partial charge in [-0.25, -0.2) is 9.37 Å². The van der Waals surface area contributed by atoms with E-state index in [4.69, 9.17) is 4.74 Å². The molecule has 32 heavy (non-hydrogen) atoms. The van der Waals surface area contributed by atoms with Crippen LogP contribution in [0.1, 0.15) is 12.6 Å². The van der Waals surface area contributed by atoms with Crippen molar-refractivity contribution >= 4 is 17.6 Å². The second-order valence-electron chi connectivity index (χ2n) is 7.24. The van der Waals surface area contributed by atoms with Crippen molar-refractivity contribution in [1.82, 2.24) is 20.2 Å². The van der Waals surface area contributed by atoms with Gasteiger partial charge in [-0.05, 0) is 37.6 Å². The van der Waals surface area contributed by atoms with Crippen LogP contribution in [0, 0.1) is 12.7 Å². The Labute approximate surface area is 182 Å². The van der Waals surface area contributed by atoms with Gasteiger partial charge < -0.3 is 19.7 Å². The van der Waals surface area contributed by atoms with Crippen molar-refractivity contribution in [1.29, 1.82) is 0 Å². The third kappa shape index (κ3) is 4.88. The van der Waals surface area contributed by atoms with Crippen molar-refractivity contribution in [3.05, 3.63) is 48.0 Å². The standard InChI is InChI=1S/C21H21F3N6O2/c1-12-11-31-8-7-30(12)21-25-10-17(22)19(27-21)26-18-9-16(13(2)28-29-18)14-3-5-15(6-4-14)32-20(23)24/h3-6,9-10,12,20H,7-8,11H2,1-2H3,(H,25,26,27,29). The maximum absolute atomic E-state index is 14.4. The molecule has 1 aliphatic heterocycles. The summed E-state index contributed by atoms with van der Waals surface area (Å²) in [6.45, 7) is 2.53. The summed E-state index contributed by atoms with van der Waals surface area (Å²) in [6, 6.07) is 7.89. The van der Waals surface area contributed by atoms with Crippen molar-refractivity contribution in [3.8, 4) is 16.9 Å². The van der Waals surface area contributed by atoms with Crippen LogP contribution in [0.15, 0.2) is 36.5 Å². The lowest BCUT2D eigenvalue weighted by molar-refractivity contribution is -0.0498. The summed E-state index contributed by atoms with van der Waals surface area (Å²) in [5.74, 6) is 0.0527. The average molecular weight is 446 g/mol. The monoisotopic (exact) mass is 446 g/mol. The van der Waals surface area contributed by atoms with E-state index >= 15 is 0 Å². The van der Waals surface area contributed by atoms with E-state index in [2.05, 4.69) is 30.2 Å². The molecular formula is C21H21F3N6O2. The summed E-state index contributed by atoms with van der Waals surface area (Å²) in [4.78, 5) is 10.4. The smallest absolute Gasteiger partial charge is 0.387 e. The average Bonchev–Trinajstić information content (AvgIpc) is 2.77. The van der Waals surface area contributed by atoms with Crippen LogP contribution in [0.25, 0.3) is 11.1 Å². The largest absolute Gasteiger partial charge is 0.435 e. The lowest BCUT2D eigenvalue weighted by atomic mass is 10.1. The molecule has 0 amide bonds. The number of ether oxygens (including phenoxy) is 2. The first-order valence-electron chi connectivity index (χ1n) is 9.94. The number of hydrogen-bond acceptors (Lipinski definition) is 8. The van der Waals surface area contributed by atoms with Gasteiger partial charge in [-0.2, -0.15) is 18.9 Å². The van der Waals surface area contributed by atoms with Gasteiger partial charge in [0.1, 0.15) is 5.75 Å². The maximum Gasteiger partial charge on any atom is 0.387 e. The Morgan fingerprint density at radius 1 is 1.22 bits per heavy atom. The predicted octanol–water partition coefficient (Wildman–Crippen LogP) is 3.95. The zero-order valence-electron chi connectivity index (χ0n) is 17.4. The number of benzene rings is 1. The Kier molecular flexibility index (Phi) is 6.35. The summed E-state index contributed by atoms with van der Waals surface area (Å²) >= 11 is 0. The van der Waals surface area contributed by atoms with E-state index in [1.165, 1.54) is 12.1 Å². The molecule has 2 aromatic heterocycles. The zero-order valence-corrected chi connectivity index (χ0v) is 17.4. The number of morpholine rings is 1. The minimum atomic E-state index is -2.89. The molecule has 1 saturated heterocycles. The predicted molar refractivity (Wildman–Crippen MR) is 112 cm³/mol. The number of alkyl halides is 2. The van der Waals surface area contributed by atoms with Gasteiger partial charge in [0.2, 0.25) is 5.95 Å². The molecule has 8 nitrogen and oxygen atoms in total. The molecule has 0 aliphatic carbocycles. The van der Waals surface area contributed by atoms with E-state index in [1.54, 1.807) is 25.1 Å². The second kappa shape index (κ2) is 9.35. The van der Waals surface area contributed by atoms with Crippen molar-refractivity contribution in [3.63, 3.8) is 0 Å². The fraction of sp³-hybridized carbons (Fsp3) is 0.333. The third-order valence-electron chi connectivity index (χ3n) is 4.97. The Morgan fingerprint density at radius 2 is 2.00 bits per heavy atom. The molecule has 4 rings (SSSR count). The van der Waals surface area contributed by atoms with Crippen molar-refractivity contribution in [2.24, 2.45) is 0 Å². The maximum atomic E-state index is 14.4. The van der Waals surface area contributed by atoms with Crippen LogP contribution in [0.2, 0.25) is 0 Å². The Bertz CT molecular complexity index is 1080. The highest BCUT2D eigenvalue weighted by atomic mass is 19.3. The van der Waals surface area contributed by atoms with E-state index in [0.29, 0.717) is 42.5 Å². The molecule has 1 aromatic carbocycles. The lowest BCUT2D eigenvalue weighted by Crippen LogP contribution is -2.44. The highest BCUT2D eigenvalue weighted by Crippen LogP contribution is 2.28. The van der Waals surface area contributed by atoms with Gasteiger partial charge in [0.25, 0.3) is 0 Å². The zero-order chi connectivity index (χ0) is 22.7. The molecule has 0 radical (unpaired) electrons. The second-order valence-corrected chi connectivity index (χ2v) is 7.24. The summed E-state index contributed by atoms with van der Waals surface area (Å²) in [6.07, 6.45) is 1.11. The Balaban J connectivity index is 1.58. The molecule has 3 heterocycles. The van der Waals surface area contributed by atoms with Crippen molar-refractivity contribution < 1.29 is 22.6 Å². The van der Waals surface area contributed by atoms with Crippen LogP contribution in [0.5, 0.6) is 5.75 Å². The SMILES string of the molecule is Cc1nnc(Nc2nc(N3CCOCC3C)ncc2F)cc1-c1ccc(OC(F)F)cc1. The fourth-order valence-corrected chi connectivity index (χ4v) is 3.35. The molecule has 1 atom stereocenters. The molecule has 11 heteroatoms. The van der Waals surface area contributed by atoms with Gasteiger partial charge in [0, 0.05) is 12.1 Å². The molecule has 1 unspecified atom stereocenters. The first-order valence-corrected chi connectivity index (χ1v) is 9.94. The number of nitrogens with one attached hydrogen (secondary N) is 1. The summed E-state index contributed by atoms with van der Waals surface area (Å²) in [5.41, 5.74) is 2.03. The fourth-order valence-electron chi connectivity index (χ4n) is 3.35. The van der Waals surface area contributed by atoms with Crippen LogP contribution >= 0.6 is 0 Å². The molecule has 0 bridgehead atoms. The van der Waals surface area contributed by atoms with E-state index < -0.39 is 12.4 Å². The molecule has 0 saturated carbocycles. The van der Waals surface area contributed by atoms with Crippen molar-refractivity contribution in [2.75, 3.05) is 30.0 Å². The van der Waals surface area contributed by atoms with Gasteiger partial charge in [-0.1, -0.05) is 12.1 Å². The number of aryl methyl sites for hydroxylation is 1. The summed E-state index contributed by atoms with van der Waals surface area (Å²) in [7, 11) is 0. The topological polar surface area (TPSA) is 85.3 Å². The Hall–Kier alpha value is -3.47. The van der Waals surface area contributed by atoms with E-state index in [-0.39, 0.29) is 23.4 Å². The summed E-state index contributed by atoms with van der Waals surface area (Å²) < 4.78 is 49.0. The van der Waals surface area contributed by atoms with Gasteiger partial charge >= 0.3 is 6.61 Å². The molecular weight excluding hydrogens is 425 g/mol. The highest BCUT2D eigenvalue weighted by molar-refractivity contribution is 5.70. The molecule has 0 spiro atoms. The normalized spacial score (nSPS) is 16.3. The number of rotatable bonds is 6. The molecule has 3 aromatic rings. The molecule has 1 fully saturated rings. The van der Waals surface area contributed by atoms with Crippen LogP contribution in [0.3, 0.4) is 0 Å². The highest BCUT2D eigenvalue weighted by Gasteiger charge is 2.22. The first kappa shape index (κ1) is 21.8. The van der Waals surface area contributed by atoms with Gasteiger partial charge in [0.05, 0.1) is 31.1 Å². The van der Waals surface area contributed by atoms with E-state index in [9.17, 15) is 13.2 Å². The summed E-state index contributed by atoms with van der Waals surface area (Å²) in [5, 5.41) is 11.0. The number of hydrogen-bond donors (Lipinski definition) is 1. The quantitative estimate of drug-likeness (QED) is 0.609. The van der Waals surface area contributed by atoms with E-state index in [1.807, 2.05) is 11.8 Å². The minimum Gasteiger partial charge on any atom is -0.435 e. The lowest BCUT2D eigenvalue weighted by Gasteiger charge is -2.33. The van der Waals surface area contributed by atoms with Crippen LogP contribution in [-0.4, -0.2) is 52.6 Å². The van der Waals surface area contributed by atoms with Gasteiger partial charge in [-0.15, -0.1) is 5.10 Å². The van der Waals surface area contributed by atoms with Crippen LogP contribution < -0.4 is 15.0 Å². The number of anilines is 3. The molecule has 168 valence electrons. The van der Waals surface area contributed by atoms with Crippen LogP contribution in [-0.2, 0) is 4.74 Å². The number of nitrogens with zero attached hydrogens (tertiary/aromatic N) is 5. The molecule has 1 N–H and O–H groups in total. The third-order valence-corrected chi connectivity index (χ3v) is 4.97. The number of aromatic nitrogens is 4. The van der Waals surface area contributed by atoms with Crippen LogP contribution in [0.4, 0.5) is 30.8 Å². The minimum absolute atomic E-state index is 0.0292. The Morgan fingerprint density at radius 3 is 2.72 bits per heavy atom.